The summed E-state index contributed by atoms with van der Waals surface area (Å²) in [4.78, 5) is 5.84. The Bertz CT molecular complexity index is 766. The lowest BCUT2D eigenvalue weighted by molar-refractivity contribution is -0.177. The Balaban J connectivity index is 2.05. The molecule has 1 aromatic heterocycles. The number of aromatic nitrogens is 1. The number of halogens is 3. The van der Waals surface area contributed by atoms with E-state index in [0.29, 0.717) is 28.7 Å². The number of nitrogens with two attached hydrogens (primary N) is 1. The van der Waals surface area contributed by atoms with Gasteiger partial charge in [0.2, 0.25) is 0 Å². The number of hydrogen-bond donors (Lipinski definition) is 1. The van der Waals surface area contributed by atoms with Crippen LogP contribution >= 0.6 is 0 Å². The molecule has 1 aliphatic rings. The van der Waals surface area contributed by atoms with Gasteiger partial charge in [0.25, 0.3) is 0 Å². The molecule has 1 fully saturated rings. The molecule has 1 aliphatic heterocycles. The van der Waals surface area contributed by atoms with Gasteiger partial charge in [0.1, 0.15) is 6.07 Å². The van der Waals surface area contributed by atoms with E-state index in [1.807, 2.05) is 0 Å². The smallest absolute Gasteiger partial charge is 0.369 e. The minimum absolute atomic E-state index is 0.0630. The number of anilines is 1. The van der Waals surface area contributed by atoms with Crippen molar-refractivity contribution < 1.29 is 13.2 Å². The molecule has 1 unspecified atom stereocenters. The Kier molecular flexibility index (Phi) is 3.86. The van der Waals surface area contributed by atoms with Crippen molar-refractivity contribution in [1.82, 2.24) is 4.98 Å². The van der Waals surface area contributed by atoms with Crippen molar-refractivity contribution in [3.63, 3.8) is 0 Å². The standard InChI is InChI=1S/C16H15F3N4/c17-16(18,19)11-6-12(21)9-23(8-11)14-4-3-10(7-20)15-13(14)2-1-5-22-15/h1-5,11-12H,6,8-9,21H2/t11?,12-/m1/s1. The van der Waals surface area contributed by atoms with Crippen LogP contribution in [0.4, 0.5) is 18.9 Å². The van der Waals surface area contributed by atoms with E-state index in [2.05, 4.69) is 11.1 Å². The van der Waals surface area contributed by atoms with Crippen LogP contribution in [-0.2, 0) is 0 Å². The molecule has 0 radical (unpaired) electrons. The minimum atomic E-state index is -4.27. The number of alkyl halides is 3. The van der Waals surface area contributed by atoms with Crippen molar-refractivity contribution in [1.29, 1.82) is 5.26 Å². The summed E-state index contributed by atoms with van der Waals surface area (Å²) in [6, 6.07) is 8.25. The molecule has 7 heteroatoms. The van der Waals surface area contributed by atoms with Gasteiger partial charge in [0.05, 0.1) is 17.0 Å². The van der Waals surface area contributed by atoms with Gasteiger partial charge in [-0.25, -0.2) is 0 Å². The van der Waals surface area contributed by atoms with Crippen LogP contribution in [0, 0.1) is 17.2 Å². The maximum Gasteiger partial charge on any atom is 0.393 e. The predicted octanol–water partition coefficient (Wildman–Crippen LogP) is 2.82. The third kappa shape index (κ3) is 2.94. The van der Waals surface area contributed by atoms with Crippen LogP contribution < -0.4 is 10.6 Å². The maximum atomic E-state index is 13.1. The predicted molar refractivity (Wildman–Crippen MR) is 80.8 cm³/mol. The SMILES string of the molecule is N#Cc1ccc(N2CC(C(F)(F)F)C[C@@H](N)C2)c2cccnc12. The number of nitriles is 1. The highest BCUT2D eigenvalue weighted by Crippen LogP contribution is 2.36. The van der Waals surface area contributed by atoms with Crippen LogP contribution in [0.3, 0.4) is 0 Å². The van der Waals surface area contributed by atoms with Gasteiger partial charge in [-0.1, -0.05) is 0 Å². The summed E-state index contributed by atoms with van der Waals surface area (Å²) in [7, 11) is 0. The van der Waals surface area contributed by atoms with Crippen LogP contribution in [0.1, 0.15) is 12.0 Å². The lowest BCUT2D eigenvalue weighted by Gasteiger charge is -2.38. The lowest BCUT2D eigenvalue weighted by atomic mass is 9.93. The zero-order valence-electron chi connectivity index (χ0n) is 12.2. The molecular weight excluding hydrogens is 305 g/mol. The first-order chi connectivity index (χ1) is 10.9. The normalized spacial score (nSPS) is 22.1. The summed E-state index contributed by atoms with van der Waals surface area (Å²) in [5, 5.41) is 9.82. The largest absolute Gasteiger partial charge is 0.393 e. The summed E-state index contributed by atoms with van der Waals surface area (Å²) in [6.45, 7) is 0.218. The van der Waals surface area contributed by atoms with Crippen molar-refractivity contribution in [3.8, 4) is 6.07 Å². The number of fused-ring (bicyclic) bond motifs is 1. The molecule has 0 bridgehead atoms. The topological polar surface area (TPSA) is 65.9 Å². The van der Waals surface area contributed by atoms with E-state index >= 15 is 0 Å². The second-order valence-corrected chi connectivity index (χ2v) is 5.78. The molecule has 1 aromatic carbocycles. The molecule has 1 saturated heterocycles. The van der Waals surface area contributed by atoms with Gasteiger partial charge in [-0.3, -0.25) is 4.98 Å². The van der Waals surface area contributed by atoms with Crippen LogP contribution in [0.2, 0.25) is 0 Å². The quantitative estimate of drug-likeness (QED) is 0.877. The summed E-state index contributed by atoms with van der Waals surface area (Å²) >= 11 is 0. The van der Waals surface area contributed by atoms with Gasteiger partial charge in [-0.2, -0.15) is 18.4 Å². The second kappa shape index (κ2) is 5.70. The molecule has 120 valence electrons. The average Bonchev–Trinajstić information content (AvgIpc) is 2.52. The summed E-state index contributed by atoms with van der Waals surface area (Å²) < 4.78 is 39.3. The van der Waals surface area contributed by atoms with Crippen molar-refractivity contribution >= 4 is 16.6 Å². The van der Waals surface area contributed by atoms with Crippen molar-refractivity contribution in [2.24, 2.45) is 11.7 Å². The average molecular weight is 320 g/mol. The molecule has 2 heterocycles. The summed E-state index contributed by atoms with van der Waals surface area (Å²) in [5.74, 6) is -1.45. The van der Waals surface area contributed by atoms with E-state index in [1.54, 1.807) is 35.4 Å². The third-order valence-electron chi connectivity index (χ3n) is 4.15. The van der Waals surface area contributed by atoms with Crippen molar-refractivity contribution in [2.75, 3.05) is 18.0 Å². The molecule has 0 saturated carbocycles. The molecule has 0 spiro atoms. The number of rotatable bonds is 1. The highest BCUT2D eigenvalue weighted by atomic mass is 19.4. The first-order valence-corrected chi connectivity index (χ1v) is 7.25. The first kappa shape index (κ1) is 15.6. The molecule has 3 rings (SSSR count). The van der Waals surface area contributed by atoms with E-state index in [1.165, 1.54) is 0 Å². The number of pyridine rings is 1. The molecule has 0 aliphatic carbocycles. The first-order valence-electron chi connectivity index (χ1n) is 7.25. The van der Waals surface area contributed by atoms with Gasteiger partial charge in [-0.05, 0) is 30.7 Å². The molecular formula is C16H15F3N4. The van der Waals surface area contributed by atoms with E-state index < -0.39 is 18.1 Å². The molecule has 2 aromatic rings. The monoisotopic (exact) mass is 320 g/mol. The molecule has 23 heavy (non-hydrogen) atoms. The van der Waals surface area contributed by atoms with Crippen molar-refractivity contribution in [2.45, 2.75) is 18.6 Å². The summed E-state index contributed by atoms with van der Waals surface area (Å²) in [6.07, 6.45) is -2.77. The highest BCUT2D eigenvalue weighted by Gasteiger charge is 2.44. The summed E-state index contributed by atoms with van der Waals surface area (Å²) in [5.41, 5.74) is 7.37. The molecule has 0 amide bonds. The van der Waals surface area contributed by atoms with Gasteiger partial charge in [-0.15, -0.1) is 0 Å². The maximum absolute atomic E-state index is 13.1. The Hall–Kier alpha value is -2.33. The van der Waals surface area contributed by atoms with E-state index in [9.17, 15) is 13.2 Å². The zero-order chi connectivity index (χ0) is 16.6. The van der Waals surface area contributed by atoms with Crippen LogP contribution in [-0.4, -0.2) is 30.3 Å². The van der Waals surface area contributed by atoms with Crippen LogP contribution in [0.15, 0.2) is 30.5 Å². The Morgan fingerprint density at radius 1 is 1.26 bits per heavy atom. The Morgan fingerprint density at radius 2 is 2.04 bits per heavy atom. The van der Waals surface area contributed by atoms with Gasteiger partial charge in [0, 0.05) is 36.4 Å². The van der Waals surface area contributed by atoms with Crippen LogP contribution in [0.5, 0.6) is 0 Å². The molecule has 2 N–H and O–H groups in total. The number of hydrogen-bond acceptors (Lipinski definition) is 4. The minimum Gasteiger partial charge on any atom is -0.369 e. The number of nitrogens with zero attached hydrogens (tertiary/aromatic N) is 3. The van der Waals surface area contributed by atoms with Crippen LogP contribution in [0.25, 0.3) is 10.9 Å². The third-order valence-corrected chi connectivity index (χ3v) is 4.15. The van der Waals surface area contributed by atoms with Gasteiger partial charge in [0.15, 0.2) is 0 Å². The Labute approximate surface area is 131 Å². The Morgan fingerprint density at radius 3 is 2.74 bits per heavy atom. The zero-order valence-corrected chi connectivity index (χ0v) is 12.2. The number of benzene rings is 1. The molecule has 4 nitrogen and oxygen atoms in total. The fraction of sp³-hybridized carbons (Fsp3) is 0.375. The van der Waals surface area contributed by atoms with E-state index in [4.69, 9.17) is 11.0 Å². The highest BCUT2D eigenvalue weighted by molar-refractivity contribution is 5.95. The number of piperidine rings is 1. The van der Waals surface area contributed by atoms with Gasteiger partial charge >= 0.3 is 6.18 Å². The molecule has 2 atom stereocenters. The van der Waals surface area contributed by atoms with Crippen molar-refractivity contribution in [3.05, 3.63) is 36.0 Å². The second-order valence-electron chi connectivity index (χ2n) is 5.78. The van der Waals surface area contributed by atoms with E-state index in [-0.39, 0.29) is 13.0 Å². The van der Waals surface area contributed by atoms with E-state index in [0.717, 1.165) is 0 Å². The lowest BCUT2D eigenvalue weighted by Crippen LogP contribution is -2.51. The fourth-order valence-electron chi connectivity index (χ4n) is 3.10. The van der Waals surface area contributed by atoms with Gasteiger partial charge < -0.3 is 10.6 Å². The fourth-order valence-corrected chi connectivity index (χ4v) is 3.10.